The number of hydrogen-bond acceptors (Lipinski definition) is 4. The average molecular weight is 260 g/mol. The van der Waals surface area contributed by atoms with Crippen LogP contribution in [0.15, 0.2) is 36.5 Å². The van der Waals surface area contributed by atoms with Gasteiger partial charge in [0.15, 0.2) is 5.82 Å². The number of para-hydroxylation sites is 1. The van der Waals surface area contributed by atoms with E-state index in [0.29, 0.717) is 12.4 Å². The van der Waals surface area contributed by atoms with Gasteiger partial charge in [-0.25, -0.2) is 4.68 Å². The normalized spacial score (nSPS) is 12.1. The van der Waals surface area contributed by atoms with Crippen LogP contribution in [0.1, 0.15) is 13.8 Å². The summed E-state index contributed by atoms with van der Waals surface area (Å²) in [5, 5.41) is 10.5. The van der Waals surface area contributed by atoms with E-state index in [2.05, 4.69) is 15.6 Å². The minimum atomic E-state index is -0.508. The fraction of sp³-hybridized carbons (Fsp3) is 0.308. The number of hydrogen-bond donors (Lipinski definition) is 1. The summed E-state index contributed by atoms with van der Waals surface area (Å²) in [7, 11) is 0. The quantitative estimate of drug-likeness (QED) is 0.887. The number of nitrogens with one attached hydrogen (secondary N) is 1. The number of rotatable bonds is 5. The molecule has 0 saturated heterocycles. The van der Waals surface area contributed by atoms with Crippen molar-refractivity contribution < 1.29 is 9.53 Å². The summed E-state index contributed by atoms with van der Waals surface area (Å²) < 4.78 is 6.80. The van der Waals surface area contributed by atoms with Crippen molar-refractivity contribution >= 4 is 11.7 Å². The van der Waals surface area contributed by atoms with Crippen LogP contribution < -0.4 is 5.32 Å². The monoisotopic (exact) mass is 260 g/mol. The number of carbonyl (C=O) groups is 1. The van der Waals surface area contributed by atoms with Gasteiger partial charge in [-0.2, -0.15) is 0 Å². The first kappa shape index (κ1) is 13.2. The molecular weight excluding hydrogens is 244 g/mol. The molecule has 0 aliphatic heterocycles. The lowest BCUT2D eigenvalue weighted by atomic mass is 10.3. The Bertz CT molecular complexity index is 539. The summed E-state index contributed by atoms with van der Waals surface area (Å²) in [6, 6.07) is 9.55. The first-order valence-corrected chi connectivity index (χ1v) is 6.11. The van der Waals surface area contributed by atoms with Crippen LogP contribution in [0.5, 0.6) is 0 Å². The predicted molar refractivity (Wildman–Crippen MR) is 71.1 cm³/mol. The van der Waals surface area contributed by atoms with E-state index in [1.54, 1.807) is 17.8 Å². The maximum Gasteiger partial charge on any atom is 0.254 e. The van der Waals surface area contributed by atoms with Crippen LogP contribution in [0.3, 0.4) is 0 Å². The minimum absolute atomic E-state index is 0.234. The third kappa shape index (κ3) is 3.38. The molecule has 6 nitrogen and oxygen atoms in total. The predicted octanol–water partition coefficient (Wildman–Crippen LogP) is 1.63. The molecule has 1 aromatic carbocycles. The van der Waals surface area contributed by atoms with Crippen molar-refractivity contribution in [2.24, 2.45) is 0 Å². The van der Waals surface area contributed by atoms with Gasteiger partial charge in [0.25, 0.3) is 5.91 Å². The van der Waals surface area contributed by atoms with Gasteiger partial charge in [-0.1, -0.05) is 23.4 Å². The van der Waals surface area contributed by atoms with Crippen molar-refractivity contribution in [3.05, 3.63) is 36.5 Å². The van der Waals surface area contributed by atoms with Gasteiger partial charge in [0.1, 0.15) is 6.10 Å². The van der Waals surface area contributed by atoms with E-state index in [4.69, 9.17) is 4.74 Å². The first-order valence-electron chi connectivity index (χ1n) is 6.11. The lowest BCUT2D eigenvalue weighted by Crippen LogP contribution is -2.27. The summed E-state index contributed by atoms with van der Waals surface area (Å²) in [5.41, 5.74) is 0.883. The van der Waals surface area contributed by atoms with E-state index < -0.39 is 6.10 Å². The Balaban J connectivity index is 2.04. The van der Waals surface area contributed by atoms with Crippen LogP contribution in [-0.4, -0.2) is 33.6 Å². The van der Waals surface area contributed by atoms with Crippen molar-refractivity contribution in [1.82, 2.24) is 15.0 Å². The maximum absolute atomic E-state index is 11.7. The molecule has 1 aromatic heterocycles. The largest absolute Gasteiger partial charge is 0.369 e. The molecule has 2 rings (SSSR count). The third-order valence-corrected chi connectivity index (χ3v) is 2.55. The van der Waals surface area contributed by atoms with Gasteiger partial charge in [0.05, 0.1) is 11.9 Å². The van der Waals surface area contributed by atoms with Crippen LogP contribution in [-0.2, 0) is 9.53 Å². The van der Waals surface area contributed by atoms with E-state index in [1.807, 2.05) is 37.3 Å². The highest BCUT2D eigenvalue weighted by Gasteiger charge is 2.14. The molecule has 2 aromatic rings. The zero-order valence-electron chi connectivity index (χ0n) is 10.9. The molecule has 1 atom stereocenters. The zero-order valence-corrected chi connectivity index (χ0v) is 10.9. The van der Waals surface area contributed by atoms with Crippen molar-refractivity contribution in [3.63, 3.8) is 0 Å². The van der Waals surface area contributed by atoms with E-state index >= 15 is 0 Å². The second kappa shape index (κ2) is 6.10. The van der Waals surface area contributed by atoms with Gasteiger partial charge in [-0.3, -0.25) is 4.79 Å². The molecule has 0 bridgehead atoms. The topological polar surface area (TPSA) is 69.0 Å². The van der Waals surface area contributed by atoms with Crippen LogP contribution in [0.4, 0.5) is 5.82 Å². The third-order valence-electron chi connectivity index (χ3n) is 2.55. The summed E-state index contributed by atoms with van der Waals surface area (Å²) in [4.78, 5) is 11.7. The summed E-state index contributed by atoms with van der Waals surface area (Å²) in [6.07, 6.45) is 1.15. The Morgan fingerprint density at radius 2 is 2.16 bits per heavy atom. The molecule has 0 spiro atoms. The van der Waals surface area contributed by atoms with E-state index in [1.165, 1.54) is 0 Å². The fourth-order valence-corrected chi connectivity index (χ4v) is 1.58. The number of benzene rings is 1. The lowest BCUT2D eigenvalue weighted by molar-refractivity contribution is -0.126. The Hall–Kier alpha value is -2.21. The highest BCUT2D eigenvalue weighted by atomic mass is 16.5. The van der Waals surface area contributed by atoms with Gasteiger partial charge < -0.3 is 10.1 Å². The molecule has 1 heterocycles. The van der Waals surface area contributed by atoms with Crippen LogP contribution in [0.25, 0.3) is 5.69 Å². The average Bonchev–Trinajstić information content (AvgIpc) is 2.88. The molecule has 1 unspecified atom stereocenters. The molecule has 0 aliphatic rings. The number of anilines is 1. The summed E-state index contributed by atoms with van der Waals surface area (Å²) in [5.74, 6) is 0.169. The Kier molecular flexibility index (Phi) is 4.25. The first-order chi connectivity index (χ1) is 9.20. The molecule has 1 amide bonds. The number of nitrogens with zero attached hydrogens (tertiary/aromatic N) is 3. The lowest BCUT2D eigenvalue weighted by Gasteiger charge is -2.09. The molecular formula is C13H16N4O2. The maximum atomic E-state index is 11.7. The Morgan fingerprint density at radius 1 is 1.42 bits per heavy atom. The van der Waals surface area contributed by atoms with Gasteiger partial charge >= 0.3 is 0 Å². The zero-order chi connectivity index (χ0) is 13.7. The molecule has 1 N–H and O–H groups in total. The standard InChI is InChI=1S/C13H16N4O2/c1-3-19-10(2)13(18)14-12-9-17(16-15-12)11-7-5-4-6-8-11/h4-10H,3H2,1-2H3,(H,14,18). The van der Waals surface area contributed by atoms with E-state index in [9.17, 15) is 4.79 Å². The van der Waals surface area contributed by atoms with E-state index in [0.717, 1.165) is 5.69 Å². The van der Waals surface area contributed by atoms with E-state index in [-0.39, 0.29) is 5.91 Å². The SMILES string of the molecule is CCOC(C)C(=O)Nc1cn(-c2ccccc2)nn1. The molecule has 6 heteroatoms. The smallest absolute Gasteiger partial charge is 0.254 e. The molecule has 0 saturated carbocycles. The van der Waals surface area contributed by atoms with Gasteiger partial charge in [0, 0.05) is 6.61 Å². The van der Waals surface area contributed by atoms with Crippen molar-refractivity contribution in [3.8, 4) is 5.69 Å². The molecule has 100 valence electrons. The number of ether oxygens (including phenoxy) is 1. The van der Waals surface area contributed by atoms with Crippen molar-refractivity contribution in [1.29, 1.82) is 0 Å². The summed E-state index contributed by atoms with van der Waals surface area (Å²) in [6.45, 7) is 4.03. The minimum Gasteiger partial charge on any atom is -0.369 e. The van der Waals surface area contributed by atoms with Crippen molar-refractivity contribution in [2.75, 3.05) is 11.9 Å². The second-order valence-corrected chi connectivity index (χ2v) is 3.97. The van der Waals surface area contributed by atoms with Gasteiger partial charge in [-0.05, 0) is 26.0 Å². The Morgan fingerprint density at radius 3 is 2.84 bits per heavy atom. The Labute approximate surface area is 111 Å². The second-order valence-electron chi connectivity index (χ2n) is 3.97. The highest BCUT2D eigenvalue weighted by molar-refractivity contribution is 5.92. The van der Waals surface area contributed by atoms with Crippen LogP contribution >= 0.6 is 0 Å². The molecule has 0 fully saturated rings. The molecule has 0 aliphatic carbocycles. The number of carbonyl (C=O) groups excluding carboxylic acids is 1. The van der Waals surface area contributed by atoms with Gasteiger partial charge in [-0.15, -0.1) is 5.10 Å². The van der Waals surface area contributed by atoms with Gasteiger partial charge in [0.2, 0.25) is 0 Å². The van der Waals surface area contributed by atoms with Crippen molar-refractivity contribution in [2.45, 2.75) is 20.0 Å². The summed E-state index contributed by atoms with van der Waals surface area (Å²) >= 11 is 0. The number of aromatic nitrogens is 3. The van der Waals surface area contributed by atoms with Crippen LogP contribution in [0, 0.1) is 0 Å². The molecule has 0 radical (unpaired) electrons. The highest BCUT2D eigenvalue weighted by Crippen LogP contribution is 2.09. The number of amides is 1. The molecule has 19 heavy (non-hydrogen) atoms. The van der Waals surface area contributed by atoms with Crippen LogP contribution in [0.2, 0.25) is 0 Å². The fourth-order valence-electron chi connectivity index (χ4n) is 1.58.